The van der Waals surface area contributed by atoms with Crippen LogP contribution in [0.2, 0.25) is 0 Å². The van der Waals surface area contributed by atoms with Gasteiger partial charge in [0.1, 0.15) is 5.03 Å². The Kier molecular flexibility index (Phi) is 5.59. The smallest absolute Gasteiger partial charge is 0.230 e. The molecule has 0 fully saturated rings. The zero-order valence-corrected chi connectivity index (χ0v) is 15.8. The van der Waals surface area contributed by atoms with E-state index in [1.165, 1.54) is 11.8 Å². The number of methoxy groups -OCH3 is 2. The van der Waals surface area contributed by atoms with Crippen molar-refractivity contribution < 1.29 is 14.3 Å². The van der Waals surface area contributed by atoms with Crippen molar-refractivity contribution in [1.82, 2.24) is 10.3 Å². The predicted molar refractivity (Wildman–Crippen MR) is 98.2 cm³/mol. The number of thioether (sulfide) groups is 1. The normalized spacial score (nSPS) is 11.4. The van der Waals surface area contributed by atoms with Gasteiger partial charge in [-0.2, -0.15) is 0 Å². The number of amides is 1. The molecule has 1 N–H and O–H groups in total. The van der Waals surface area contributed by atoms with Crippen LogP contribution in [0.5, 0.6) is 11.5 Å². The zero-order valence-electron chi connectivity index (χ0n) is 15.0. The minimum absolute atomic E-state index is 0.00103. The fourth-order valence-electron chi connectivity index (χ4n) is 2.32. The number of nitrogens with one attached hydrogen (secondary N) is 1. The number of hydrogen-bond acceptors (Lipinski definition) is 5. The molecule has 1 amide bonds. The van der Waals surface area contributed by atoms with Crippen LogP contribution in [0.4, 0.5) is 0 Å². The maximum Gasteiger partial charge on any atom is 0.230 e. The number of nitrogens with zero attached hydrogens (tertiary/aromatic N) is 1. The first-order valence-electron chi connectivity index (χ1n) is 7.70. The van der Waals surface area contributed by atoms with Crippen molar-refractivity contribution in [3.8, 4) is 11.5 Å². The molecule has 6 heteroatoms. The highest BCUT2D eigenvalue weighted by molar-refractivity contribution is 7.99. The van der Waals surface area contributed by atoms with Gasteiger partial charge in [-0.3, -0.25) is 4.79 Å². The fraction of sp³-hybridized carbons (Fsp3) is 0.444. The molecule has 2 aromatic rings. The second-order valence-electron chi connectivity index (χ2n) is 6.60. The lowest BCUT2D eigenvalue weighted by molar-refractivity contribution is -0.119. The van der Waals surface area contributed by atoms with Gasteiger partial charge in [0.15, 0.2) is 11.5 Å². The van der Waals surface area contributed by atoms with E-state index < -0.39 is 0 Å². The van der Waals surface area contributed by atoms with Crippen molar-refractivity contribution in [3.05, 3.63) is 23.8 Å². The largest absolute Gasteiger partial charge is 0.493 e. The molecular weight excluding hydrogens is 324 g/mol. The van der Waals surface area contributed by atoms with Gasteiger partial charge in [0.2, 0.25) is 5.91 Å². The number of fused-ring (bicyclic) bond motifs is 1. The van der Waals surface area contributed by atoms with Gasteiger partial charge < -0.3 is 14.8 Å². The summed E-state index contributed by atoms with van der Waals surface area (Å²) in [5, 5.41) is 4.78. The molecule has 1 aromatic heterocycles. The summed E-state index contributed by atoms with van der Waals surface area (Å²) in [5.41, 5.74) is 1.62. The number of aromatic nitrogens is 1. The van der Waals surface area contributed by atoms with Gasteiger partial charge in [-0.1, -0.05) is 11.8 Å². The number of ether oxygens (including phenoxy) is 2. The highest BCUT2D eigenvalue weighted by atomic mass is 32.2. The molecule has 2 rings (SSSR count). The minimum Gasteiger partial charge on any atom is -0.493 e. The Labute approximate surface area is 147 Å². The third kappa shape index (κ3) is 4.54. The van der Waals surface area contributed by atoms with Crippen LogP contribution in [0.15, 0.2) is 23.2 Å². The number of rotatable bonds is 5. The Morgan fingerprint density at radius 3 is 2.38 bits per heavy atom. The monoisotopic (exact) mass is 348 g/mol. The van der Waals surface area contributed by atoms with Crippen LogP contribution in [0.3, 0.4) is 0 Å². The number of carbonyl (C=O) groups is 1. The number of carbonyl (C=O) groups excluding carboxylic acids is 1. The molecule has 0 saturated carbocycles. The fourth-order valence-corrected chi connectivity index (χ4v) is 3.11. The van der Waals surface area contributed by atoms with E-state index in [4.69, 9.17) is 9.47 Å². The third-order valence-electron chi connectivity index (χ3n) is 3.32. The maximum atomic E-state index is 12.0. The molecular formula is C18H24N2O3S. The van der Waals surface area contributed by atoms with Crippen molar-refractivity contribution in [1.29, 1.82) is 0 Å². The molecule has 1 heterocycles. The van der Waals surface area contributed by atoms with E-state index in [2.05, 4.69) is 10.3 Å². The van der Waals surface area contributed by atoms with Crippen LogP contribution in [0.25, 0.3) is 10.9 Å². The molecule has 0 spiro atoms. The molecule has 0 bridgehead atoms. The molecule has 24 heavy (non-hydrogen) atoms. The summed E-state index contributed by atoms with van der Waals surface area (Å²) in [7, 11) is 3.21. The van der Waals surface area contributed by atoms with Gasteiger partial charge in [-0.25, -0.2) is 4.98 Å². The van der Waals surface area contributed by atoms with E-state index in [9.17, 15) is 4.79 Å². The Morgan fingerprint density at radius 1 is 1.17 bits per heavy atom. The molecule has 0 aliphatic heterocycles. The summed E-state index contributed by atoms with van der Waals surface area (Å²) in [6, 6.07) is 5.82. The van der Waals surface area contributed by atoms with Gasteiger partial charge in [-0.15, -0.1) is 0 Å². The molecule has 5 nitrogen and oxygen atoms in total. The second kappa shape index (κ2) is 7.30. The molecule has 0 aliphatic carbocycles. The first kappa shape index (κ1) is 18.4. The Morgan fingerprint density at radius 2 is 1.79 bits per heavy atom. The summed E-state index contributed by atoms with van der Waals surface area (Å²) < 4.78 is 10.7. The Balaban J connectivity index is 2.25. The highest BCUT2D eigenvalue weighted by Crippen LogP contribution is 2.33. The van der Waals surface area contributed by atoms with Crippen molar-refractivity contribution in [3.63, 3.8) is 0 Å². The summed E-state index contributed by atoms with van der Waals surface area (Å²) in [5.74, 6) is 1.66. The molecule has 0 atom stereocenters. The molecule has 0 radical (unpaired) electrons. The molecule has 130 valence electrons. The van der Waals surface area contributed by atoms with Crippen LogP contribution in [-0.4, -0.2) is 36.4 Å². The van der Waals surface area contributed by atoms with Crippen molar-refractivity contribution in [2.75, 3.05) is 20.0 Å². The van der Waals surface area contributed by atoms with E-state index in [0.717, 1.165) is 21.5 Å². The summed E-state index contributed by atoms with van der Waals surface area (Å²) in [6.07, 6.45) is 0. The van der Waals surface area contributed by atoms with Gasteiger partial charge in [-0.05, 0) is 45.4 Å². The molecule has 0 aliphatic rings. The van der Waals surface area contributed by atoms with Crippen LogP contribution in [0, 0.1) is 6.92 Å². The van der Waals surface area contributed by atoms with Crippen molar-refractivity contribution in [2.24, 2.45) is 0 Å². The van der Waals surface area contributed by atoms with Crippen molar-refractivity contribution >= 4 is 28.6 Å². The molecule has 0 saturated heterocycles. The molecule has 1 aromatic carbocycles. The van der Waals surface area contributed by atoms with Gasteiger partial charge in [0.25, 0.3) is 0 Å². The second-order valence-corrected chi connectivity index (χ2v) is 7.56. The lowest BCUT2D eigenvalue weighted by Gasteiger charge is -2.20. The number of hydrogen-bond donors (Lipinski definition) is 1. The summed E-state index contributed by atoms with van der Waals surface area (Å²) in [4.78, 5) is 16.7. The lowest BCUT2D eigenvalue weighted by atomic mass is 10.1. The van der Waals surface area contributed by atoms with Crippen LogP contribution < -0.4 is 14.8 Å². The number of aryl methyl sites for hydroxylation is 1. The van der Waals surface area contributed by atoms with E-state index in [0.29, 0.717) is 17.3 Å². The average molecular weight is 348 g/mol. The number of benzene rings is 1. The van der Waals surface area contributed by atoms with Gasteiger partial charge in [0.05, 0.1) is 25.5 Å². The van der Waals surface area contributed by atoms with E-state index in [1.54, 1.807) is 14.2 Å². The van der Waals surface area contributed by atoms with Crippen molar-refractivity contribution in [2.45, 2.75) is 38.3 Å². The first-order chi connectivity index (χ1) is 11.2. The first-order valence-corrected chi connectivity index (χ1v) is 8.69. The van der Waals surface area contributed by atoms with Crippen LogP contribution in [-0.2, 0) is 4.79 Å². The Bertz CT molecular complexity index is 754. The topological polar surface area (TPSA) is 60.5 Å². The lowest BCUT2D eigenvalue weighted by Crippen LogP contribution is -2.41. The van der Waals surface area contributed by atoms with Crippen LogP contribution in [0.1, 0.15) is 26.3 Å². The van der Waals surface area contributed by atoms with Crippen LogP contribution >= 0.6 is 11.8 Å². The minimum atomic E-state index is -0.229. The SMILES string of the molecule is COc1cc2cc(C)c(SCC(=O)NC(C)(C)C)nc2cc1OC. The van der Waals surface area contributed by atoms with E-state index in [-0.39, 0.29) is 11.4 Å². The van der Waals surface area contributed by atoms with E-state index >= 15 is 0 Å². The maximum absolute atomic E-state index is 12.0. The summed E-state index contributed by atoms with van der Waals surface area (Å²) >= 11 is 1.44. The average Bonchev–Trinajstić information content (AvgIpc) is 2.50. The quantitative estimate of drug-likeness (QED) is 0.837. The van der Waals surface area contributed by atoms with Gasteiger partial charge in [0, 0.05) is 17.0 Å². The predicted octanol–water partition coefficient (Wildman–Crippen LogP) is 3.57. The number of pyridine rings is 1. The Hall–Kier alpha value is -1.95. The highest BCUT2D eigenvalue weighted by Gasteiger charge is 2.15. The zero-order chi connectivity index (χ0) is 17.9. The summed E-state index contributed by atoms with van der Waals surface area (Å²) in [6.45, 7) is 7.89. The third-order valence-corrected chi connectivity index (χ3v) is 4.41. The van der Waals surface area contributed by atoms with Gasteiger partial charge >= 0.3 is 0 Å². The standard InChI is InChI=1S/C18H24N2O3S/c1-11-7-12-8-14(22-5)15(23-6)9-13(12)19-17(11)24-10-16(21)20-18(2,3)4/h7-9H,10H2,1-6H3,(H,20,21). The molecule has 0 unspecified atom stereocenters. The van der Waals surface area contributed by atoms with E-state index in [1.807, 2.05) is 45.9 Å².